The summed E-state index contributed by atoms with van der Waals surface area (Å²) in [7, 11) is 0.104. The van der Waals surface area contributed by atoms with Crippen molar-refractivity contribution in [1.82, 2.24) is 0 Å². The minimum atomic E-state index is -4.18. The Hall–Kier alpha value is -0.110. The zero-order chi connectivity index (χ0) is 7.78. The van der Waals surface area contributed by atoms with Gasteiger partial charge < -0.3 is 0 Å². The van der Waals surface area contributed by atoms with E-state index in [4.69, 9.17) is 0 Å². The van der Waals surface area contributed by atoms with Crippen LogP contribution in [0.15, 0.2) is 4.76 Å². The van der Waals surface area contributed by atoms with Crippen LogP contribution >= 0.6 is 8.73 Å². The van der Waals surface area contributed by atoms with Gasteiger partial charge in [-0.1, -0.05) is 6.92 Å². The fourth-order valence-corrected chi connectivity index (χ4v) is 1.63. The summed E-state index contributed by atoms with van der Waals surface area (Å²) in [5.41, 5.74) is -0.491. The van der Waals surface area contributed by atoms with Crippen LogP contribution in [0.4, 0.5) is 13.2 Å². The van der Waals surface area contributed by atoms with Crippen molar-refractivity contribution in [1.29, 1.82) is 0 Å². The maximum absolute atomic E-state index is 11.8. The molecule has 0 N–H and O–H groups in total. The van der Waals surface area contributed by atoms with E-state index in [1.165, 1.54) is 0 Å². The van der Waals surface area contributed by atoms with Crippen molar-refractivity contribution < 1.29 is 13.2 Å². The Morgan fingerprint density at radius 3 is 2.40 bits per heavy atom. The number of nitrogens with zero attached hydrogens (tertiary/aromatic N) is 1. The molecule has 0 saturated carbocycles. The molecule has 0 spiro atoms. The first kappa shape index (κ1) is 7.99. The number of alkyl halides is 3. The van der Waals surface area contributed by atoms with Gasteiger partial charge in [0.05, 0.1) is 0 Å². The monoisotopic (exact) mass is 169 g/mol. The highest BCUT2D eigenvalue weighted by atomic mass is 31.1. The Kier molecular flexibility index (Phi) is 1.99. The second-order valence-electron chi connectivity index (χ2n) is 2.29. The molecule has 0 fully saturated rings. The van der Waals surface area contributed by atoms with E-state index in [0.29, 0.717) is 0 Å². The van der Waals surface area contributed by atoms with Gasteiger partial charge in [0, 0.05) is 15.2 Å². The molecule has 1 aliphatic heterocycles. The van der Waals surface area contributed by atoms with E-state index in [2.05, 4.69) is 4.76 Å². The predicted octanol–water partition coefficient (Wildman–Crippen LogP) is 2.38. The predicted molar refractivity (Wildman–Crippen MR) is 35.9 cm³/mol. The highest BCUT2D eigenvalue weighted by Gasteiger charge is 2.38. The molecule has 1 heterocycles. The lowest BCUT2D eigenvalue weighted by Crippen LogP contribution is -2.21. The van der Waals surface area contributed by atoms with Gasteiger partial charge in [-0.25, -0.2) is 0 Å². The number of halogens is 3. The topological polar surface area (TPSA) is 12.4 Å². The molecule has 0 radical (unpaired) electrons. The quantitative estimate of drug-likeness (QED) is 0.493. The molecular formula is C5H7F3NP. The molecule has 1 nitrogen and oxygen atoms in total. The molecule has 1 aliphatic rings. The van der Waals surface area contributed by atoms with E-state index in [-0.39, 0.29) is 20.8 Å². The minimum Gasteiger partial charge on any atom is -0.264 e. The number of hydrogen-bond donors (Lipinski definition) is 0. The van der Waals surface area contributed by atoms with Gasteiger partial charge in [-0.15, -0.1) is 0 Å². The first-order chi connectivity index (χ1) is 4.50. The lowest BCUT2D eigenvalue weighted by atomic mass is 10.2. The fourth-order valence-electron chi connectivity index (χ4n) is 0.749. The summed E-state index contributed by atoms with van der Waals surface area (Å²) in [5, 5.41) is 0. The average Bonchev–Trinajstić information content (AvgIpc) is 2.11. The number of hydrogen-bond acceptors (Lipinski definition) is 1. The summed E-state index contributed by atoms with van der Waals surface area (Å²) >= 11 is 0. The molecule has 0 aromatic rings. The minimum absolute atomic E-state index is 0.0941. The summed E-state index contributed by atoms with van der Waals surface area (Å²) in [6.45, 7) is 1.78. The van der Waals surface area contributed by atoms with E-state index in [0.717, 1.165) is 0 Å². The lowest BCUT2D eigenvalue weighted by Gasteiger charge is -2.04. The van der Waals surface area contributed by atoms with E-state index >= 15 is 0 Å². The first-order valence-electron chi connectivity index (χ1n) is 2.89. The summed E-state index contributed by atoms with van der Waals surface area (Å²) in [6, 6.07) is 0. The van der Waals surface area contributed by atoms with Crippen LogP contribution in [0.1, 0.15) is 13.3 Å². The molecular weight excluding hydrogens is 162 g/mol. The summed E-state index contributed by atoms with van der Waals surface area (Å²) < 4.78 is 38.8. The summed E-state index contributed by atoms with van der Waals surface area (Å²) in [4.78, 5) is 0. The van der Waals surface area contributed by atoms with Crippen molar-refractivity contribution in [2.24, 2.45) is 4.76 Å². The van der Waals surface area contributed by atoms with Crippen molar-refractivity contribution in [2.45, 2.75) is 25.2 Å². The molecule has 0 aromatic carbocycles. The highest BCUT2D eigenvalue weighted by molar-refractivity contribution is 7.38. The third-order valence-corrected chi connectivity index (χ3v) is 2.29. The molecule has 10 heavy (non-hydrogen) atoms. The van der Waals surface area contributed by atoms with E-state index in [9.17, 15) is 13.2 Å². The molecule has 2 unspecified atom stereocenters. The Morgan fingerprint density at radius 1 is 1.60 bits per heavy atom. The van der Waals surface area contributed by atoms with Crippen LogP contribution < -0.4 is 0 Å². The number of rotatable bonds is 0. The SMILES string of the molecule is CC1CC(C(F)(F)F)=NP1. The summed E-state index contributed by atoms with van der Waals surface area (Å²) in [5.74, 6) is 0. The molecule has 5 heteroatoms. The third-order valence-electron chi connectivity index (χ3n) is 1.25. The largest absolute Gasteiger partial charge is 0.429 e. The molecule has 0 amide bonds. The molecule has 0 aliphatic carbocycles. The van der Waals surface area contributed by atoms with Crippen molar-refractivity contribution >= 4 is 14.4 Å². The molecule has 0 bridgehead atoms. The molecule has 0 saturated heterocycles. The zero-order valence-corrected chi connectivity index (χ0v) is 6.37. The summed E-state index contributed by atoms with van der Waals surface area (Å²) in [6.07, 6.45) is -4.08. The van der Waals surface area contributed by atoms with Crippen LogP contribution in [-0.2, 0) is 0 Å². The molecule has 0 aromatic heterocycles. The van der Waals surface area contributed by atoms with Gasteiger partial charge >= 0.3 is 6.18 Å². The highest BCUT2D eigenvalue weighted by Crippen LogP contribution is 2.36. The van der Waals surface area contributed by atoms with Gasteiger partial charge in [0.1, 0.15) is 5.71 Å². The maximum Gasteiger partial charge on any atom is 0.429 e. The maximum atomic E-state index is 11.8. The van der Waals surface area contributed by atoms with Gasteiger partial charge in [-0.3, -0.25) is 4.76 Å². The Labute approximate surface area is 58.6 Å². The van der Waals surface area contributed by atoms with Crippen LogP contribution in [0.2, 0.25) is 0 Å². The molecule has 1 rings (SSSR count). The van der Waals surface area contributed by atoms with Gasteiger partial charge in [0.25, 0.3) is 0 Å². The van der Waals surface area contributed by atoms with Gasteiger partial charge in [-0.2, -0.15) is 13.2 Å². The van der Waals surface area contributed by atoms with Crippen LogP contribution in [0.25, 0.3) is 0 Å². The third kappa shape index (κ3) is 1.69. The Bertz CT molecular complexity index is 163. The van der Waals surface area contributed by atoms with E-state index in [1.54, 1.807) is 6.92 Å². The van der Waals surface area contributed by atoms with Crippen LogP contribution in [-0.4, -0.2) is 17.5 Å². The van der Waals surface area contributed by atoms with Gasteiger partial charge in [-0.05, 0) is 5.66 Å². The smallest absolute Gasteiger partial charge is 0.264 e. The average molecular weight is 169 g/mol. The van der Waals surface area contributed by atoms with Gasteiger partial charge in [0.2, 0.25) is 0 Å². The Balaban J connectivity index is 2.60. The van der Waals surface area contributed by atoms with Crippen LogP contribution in [0, 0.1) is 0 Å². The van der Waals surface area contributed by atoms with E-state index < -0.39 is 11.9 Å². The molecule has 58 valence electrons. The second kappa shape index (κ2) is 2.50. The lowest BCUT2D eigenvalue weighted by molar-refractivity contribution is -0.0599. The van der Waals surface area contributed by atoms with Crippen molar-refractivity contribution in [3.63, 3.8) is 0 Å². The zero-order valence-electron chi connectivity index (χ0n) is 5.37. The molecule has 2 atom stereocenters. The van der Waals surface area contributed by atoms with Crippen LogP contribution in [0.5, 0.6) is 0 Å². The van der Waals surface area contributed by atoms with Gasteiger partial charge in [0.15, 0.2) is 0 Å². The van der Waals surface area contributed by atoms with Crippen molar-refractivity contribution in [3.8, 4) is 0 Å². The standard InChI is InChI=1S/C5H7F3NP/c1-3-2-4(9-10-3)5(6,7)8/h3,10H,2H2,1H3. The first-order valence-corrected chi connectivity index (χ1v) is 3.92. The van der Waals surface area contributed by atoms with E-state index in [1.807, 2.05) is 0 Å². The Morgan fingerprint density at radius 2 is 2.20 bits per heavy atom. The normalized spacial score (nSPS) is 29.2. The fraction of sp³-hybridized carbons (Fsp3) is 0.800. The second-order valence-corrected chi connectivity index (χ2v) is 3.76. The van der Waals surface area contributed by atoms with Crippen LogP contribution in [0.3, 0.4) is 0 Å². The van der Waals surface area contributed by atoms with Crippen molar-refractivity contribution in [3.05, 3.63) is 0 Å². The van der Waals surface area contributed by atoms with Crippen molar-refractivity contribution in [2.75, 3.05) is 0 Å².